The van der Waals surface area contributed by atoms with Crippen LogP contribution in [0, 0.1) is 5.92 Å². The monoisotopic (exact) mass is 283 g/mol. The Labute approximate surface area is 116 Å². The molecule has 0 amide bonds. The molecule has 0 aromatic heterocycles. The fraction of sp³-hybridized carbons (Fsp3) is 0.571. The van der Waals surface area contributed by atoms with E-state index in [1.54, 1.807) is 6.07 Å². The molecule has 0 fully saturated rings. The maximum Gasteiger partial charge on any atom is 0.163 e. The summed E-state index contributed by atoms with van der Waals surface area (Å²) in [5, 5.41) is 0. The van der Waals surface area contributed by atoms with E-state index in [0.29, 0.717) is 47.8 Å². The number of ether oxygens (including phenoxy) is 2. The van der Waals surface area contributed by atoms with Gasteiger partial charge in [-0.05, 0) is 17.5 Å². The number of hydrogen-bond donors (Lipinski definition) is 1. The minimum atomic E-state index is -0.888. The first kappa shape index (κ1) is 14.2. The molecule has 2 N–H and O–H groups in total. The number of hydrogen-bond acceptors (Lipinski definition) is 4. The van der Waals surface area contributed by atoms with Gasteiger partial charge in [-0.1, -0.05) is 20.3 Å². The Kier molecular flexibility index (Phi) is 4.69. The third kappa shape index (κ3) is 3.62. The Hall–Kier alpha value is -1.23. The zero-order valence-electron chi connectivity index (χ0n) is 11.5. The summed E-state index contributed by atoms with van der Waals surface area (Å²) in [6, 6.07) is 3.63. The van der Waals surface area contributed by atoms with Crippen molar-refractivity contribution in [1.29, 1.82) is 0 Å². The quantitative estimate of drug-likeness (QED) is 0.843. The van der Waals surface area contributed by atoms with Crippen LogP contribution in [-0.2, 0) is 16.6 Å². The molecular weight excluding hydrogens is 262 g/mol. The first-order chi connectivity index (χ1) is 9.10. The van der Waals surface area contributed by atoms with E-state index in [1.165, 1.54) is 0 Å². The van der Waals surface area contributed by atoms with E-state index in [4.69, 9.17) is 15.2 Å². The summed E-state index contributed by atoms with van der Waals surface area (Å²) in [7, 11) is -0.888. The molecule has 0 bridgehead atoms. The van der Waals surface area contributed by atoms with Crippen LogP contribution >= 0.6 is 0 Å². The van der Waals surface area contributed by atoms with Crippen molar-refractivity contribution < 1.29 is 13.7 Å². The molecule has 2 unspecified atom stereocenters. The maximum atomic E-state index is 12.1. The van der Waals surface area contributed by atoms with Crippen LogP contribution in [-0.4, -0.2) is 23.2 Å². The number of nitrogens with two attached hydrogens (primary N) is 1. The highest BCUT2D eigenvalue weighted by Gasteiger charge is 2.16. The molecule has 2 atom stereocenters. The number of anilines is 1. The minimum Gasteiger partial charge on any atom is -0.486 e. The van der Waals surface area contributed by atoms with Crippen molar-refractivity contribution in [2.24, 2.45) is 5.92 Å². The highest BCUT2D eigenvalue weighted by molar-refractivity contribution is 7.84. The molecule has 19 heavy (non-hydrogen) atoms. The molecule has 1 aliphatic rings. The third-order valence-electron chi connectivity index (χ3n) is 3.29. The predicted molar refractivity (Wildman–Crippen MR) is 78.0 cm³/mol. The van der Waals surface area contributed by atoms with E-state index < -0.39 is 10.8 Å². The molecule has 0 saturated heterocycles. The van der Waals surface area contributed by atoms with Gasteiger partial charge in [-0.25, -0.2) is 0 Å². The van der Waals surface area contributed by atoms with Crippen molar-refractivity contribution in [3.05, 3.63) is 17.7 Å². The number of nitrogen functional groups attached to an aromatic ring is 1. The summed E-state index contributed by atoms with van der Waals surface area (Å²) in [5.41, 5.74) is 7.49. The fourth-order valence-corrected chi connectivity index (χ4v) is 3.52. The highest BCUT2D eigenvalue weighted by Crippen LogP contribution is 2.34. The minimum absolute atomic E-state index is 0.472. The SMILES string of the molecule is CCC(C)CS(=O)Cc1cc2c(cc1N)OCCO2. The Bertz CT molecular complexity index is 476. The molecule has 1 aliphatic heterocycles. The summed E-state index contributed by atoms with van der Waals surface area (Å²) in [6.07, 6.45) is 1.04. The maximum absolute atomic E-state index is 12.1. The van der Waals surface area contributed by atoms with Gasteiger partial charge in [0.25, 0.3) is 0 Å². The molecule has 5 heteroatoms. The molecule has 0 saturated carbocycles. The molecule has 1 aromatic carbocycles. The van der Waals surface area contributed by atoms with E-state index in [0.717, 1.165) is 12.0 Å². The van der Waals surface area contributed by atoms with Gasteiger partial charge in [0.2, 0.25) is 0 Å². The number of fused-ring (bicyclic) bond motifs is 1. The summed E-state index contributed by atoms with van der Waals surface area (Å²) in [4.78, 5) is 0. The Morgan fingerprint density at radius 3 is 2.58 bits per heavy atom. The summed E-state index contributed by atoms with van der Waals surface area (Å²) in [5.74, 6) is 3.05. The van der Waals surface area contributed by atoms with E-state index in [9.17, 15) is 4.21 Å². The zero-order chi connectivity index (χ0) is 13.8. The van der Waals surface area contributed by atoms with Crippen LogP contribution in [0.4, 0.5) is 5.69 Å². The largest absolute Gasteiger partial charge is 0.486 e. The number of benzene rings is 1. The van der Waals surface area contributed by atoms with Gasteiger partial charge in [-0.3, -0.25) is 4.21 Å². The lowest BCUT2D eigenvalue weighted by molar-refractivity contribution is 0.171. The van der Waals surface area contributed by atoms with Crippen LogP contribution < -0.4 is 15.2 Å². The van der Waals surface area contributed by atoms with Crippen molar-refractivity contribution in [2.75, 3.05) is 24.7 Å². The average Bonchev–Trinajstić information content (AvgIpc) is 2.39. The molecule has 106 valence electrons. The zero-order valence-corrected chi connectivity index (χ0v) is 12.3. The highest BCUT2D eigenvalue weighted by atomic mass is 32.2. The number of rotatable bonds is 5. The Morgan fingerprint density at radius 1 is 1.32 bits per heavy atom. The molecule has 0 aliphatic carbocycles. The normalized spacial score (nSPS) is 16.9. The van der Waals surface area contributed by atoms with Crippen LogP contribution in [0.3, 0.4) is 0 Å². The molecular formula is C14H21NO3S. The Balaban J connectivity index is 2.10. The first-order valence-electron chi connectivity index (χ1n) is 6.63. The van der Waals surface area contributed by atoms with Gasteiger partial charge in [0.1, 0.15) is 13.2 Å². The van der Waals surface area contributed by atoms with Crippen LogP contribution in [0.15, 0.2) is 12.1 Å². The first-order valence-corrected chi connectivity index (χ1v) is 8.12. The lowest BCUT2D eigenvalue weighted by atomic mass is 10.1. The van der Waals surface area contributed by atoms with Gasteiger partial charge in [0.05, 0.1) is 5.75 Å². The van der Waals surface area contributed by atoms with Crippen LogP contribution in [0.2, 0.25) is 0 Å². The predicted octanol–water partition coefficient (Wildman–Crippen LogP) is 2.33. The molecule has 1 aromatic rings. The lowest BCUT2D eigenvalue weighted by Gasteiger charge is -2.20. The lowest BCUT2D eigenvalue weighted by Crippen LogP contribution is -2.16. The second kappa shape index (κ2) is 6.28. The second-order valence-electron chi connectivity index (χ2n) is 4.96. The van der Waals surface area contributed by atoms with Crippen molar-refractivity contribution in [3.8, 4) is 11.5 Å². The Morgan fingerprint density at radius 2 is 1.95 bits per heavy atom. The van der Waals surface area contributed by atoms with Crippen LogP contribution in [0.1, 0.15) is 25.8 Å². The molecule has 1 heterocycles. The standard InChI is InChI=1S/C14H21NO3S/c1-3-10(2)8-19(16)9-11-6-13-14(7-12(11)15)18-5-4-17-13/h6-7,10H,3-5,8-9,15H2,1-2H3. The topological polar surface area (TPSA) is 61.6 Å². The summed E-state index contributed by atoms with van der Waals surface area (Å²) < 4.78 is 23.1. The van der Waals surface area contributed by atoms with Gasteiger partial charge in [-0.15, -0.1) is 0 Å². The summed E-state index contributed by atoms with van der Waals surface area (Å²) >= 11 is 0. The molecule has 0 radical (unpaired) electrons. The van der Waals surface area contributed by atoms with Gasteiger partial charge in [-0.2, -0.15) is 0 Å². The van der Waals surface area contributed by atoms with Crippen molar-refractivity contribution >= 4 is 16.5 Å². The van der Waals surface area contributed by atoms with Gasteiger partial charge >= 0.3 is 0 Å². The van der Waals surface area contributed by atoms with Gasteiger partial charge in [0, 0.05) is 28.3 Å². The van der Waals surface area contributed by atoms with Crippen LogP contribution in [0.25, 0.3) is 0 Å². The fourth-order valence-electron chi connectivity index (χ4n) is 1.94. The van der Waals surface area contributed by atoms with E-state index in [2.05, 4.69) is 13.8 Å². The van der Waals surface area contributed by atoms with E-state index >= 15 is 0 Å². The van der Waals surface area contributed by atoms with E-state index in [-0.39, 0.29) is 0 Å². The summed E-state index contributed by atoms with van der Waals surface area (Å²) in [6.45, 7) is 5.32. The van der Waals surface area contributed by atoms with Crippen molar-refractivity contribution in [1.82, 2.24) is 0 Å². The van der Waals surface area contributed by atoms with E-state index in [1.807, 2.05) is 6.07 Å². The van der Waals surface area contributed by atoms with Gasteiger partial charge < -0.3 is 15.2 Å². The molecule has 2 rings (SSSR count). The second-order valence-corrected chi connectivity index (χ2v) is 6.46. The molecule has 4 nitrogen and oxygen atoms in total. The molecule has 0 spiro atoms. The van der Waals surface area contributed by atoms with Crippen molar-refractivity contribution in [3.63, 3.8) is 0 Å². The third-order valence-corrected chi connectivity index (χ3v) is 4.86. The average molecular weight is 283 g/mol. The van der Waals surface area contributed by atoms with Crippen LogP contribution in [0.5, 0.6) is 11.5 Å². The smallest absolute Gasteiger partial charge is 0.163 e. The van der Waals surface area contributed by atoms with Crippen molar-refractivity contribution in [2.45, 2.75) is 26.0 Å². The van der Waals surface area contributed by atoms with Gasteiger partial charge in [0.15, 0.2) is 11.5 Å².